The van der Waals surface area contributed by atoms with E-state index in [9.17, 15) is 4.79 Å². The van der Waals surface area contributed by atoms with Gasteiger partial charge in [-0.25, -0.2) is 0 Å². The molecule has 92 valence electrons. The standard InChI is InChI=1S/C14H20N2O/c1-14(2,3)13(17)16-12-8-4-7-11-10(12)6-5-9-15-11/h4,7-8,15H,5-6,9H2,1-3H3,(H,16,17). The van der Waals surface area contributed by atoms with Crippen LogP contribution in [-0.2, 0) is 11.2 Å². The van der Waals surface area contributed by atoms with E-state index in [2.05, 4.69) is 16.7 Å². The van der Waals surface area contributed by atoms with Gasteiger partial charge in [-0.2, -0.15) is 0 Å². The summed E-state index contributed by atoms with van der Waals surface area (Å²) in [5.74, 6) is 0.0662. The number of carbonyl (C=O) groups excluding carboxylic acids is 1. The molecule has 1 aliphatic heterocycles. The molecule has 0 saturated heterocycles. The Morgan fingerprint density at radius 1 is 1.35 bits per heavy atom. The van der Waals surface area contributed by atoms with Gasteiger partial charge in [-0.15, -0.1) is 0 Å². The van der Waals surface area contributed by atoms with Crippen LogP contribution in [0.4, 0.5) is 11.4 Å². The zero-order valence-electron chi connectivity index (χ0n) is 10.8. The van der Waals surface area contributed by atoms with E-state index in [0.717, 1.165) is 30.8 Å². The van der Waals surface area contributed by atoms with Gasteiger partial charge in [0.15, 0.2) is 0 Å². The molecule has 1 aromatic rings. The summed E-state index contributed by atoms with van der Waals surface area (Å²) in [5, 5.41) is 6.39. The lowest BCUT2D eigenvalue weighted by atomic mass is 9.94. The van der Waals surface area contributed by atoms with Gasteiger partial charge in [0, 0.05) is 23.3 Å². The molecule has 1 aromatic carbocycles. The lowest BCUT2D eigenvalue weighted by molar-refractivity contribution is -0.123. The van der Waals surface area contributed by atoms with E-state index in [0.29, 0.717) is 0 Å². The number of hydrogen-bond donors (Lipinski definition) is 2. The fraction of sp³-hybridized carbons (Fsp3) is 0.500. The number of nitrogens with one attached hydrogen (secondary N) is 2. The number of anilines is 2. The normalized spacial score (nSPS) is 14.8. The number of rotatable bonds is 1. The second kappa shape index (κ2) is 4.40. The van der Waals surface area contributed by atoms with Gasteiger partial charge < -0.3 is 10.6 Å². The number of benzene rings is 1. The molecular weight excluding hydrogens is 212 g/mol. The fourth-order valence-corrected chi connectivity index (χ4v) is 1.94. The Balaban J connectivity index is 2.25. The van der Waals surface area contributed by atoms with Gasteiger partial charge in [-0.05, 0) is 30.5 Å². The van der Waals surface area contributed by atoms with Crippen molar-refractivity contribution in [2.75, 3.05) is 17.2 Å². The third-order valence-electron chi connectivity index (χ3n) is 3.02. The first-order valence-electron chi connectivity index (χ1n) is 6.16. The monoisotopic (exact) mass is 232 g/mol. The van der Waals surface area contributed by atoms with E-state index in [1.54, 1.807) is 0 Å². The average molecular weight is 232 g/mol. The second-order valence-electron chi connectivity index (χ2n) is 5.57. The molecule has 0 radical (unpaired) electrons. The minimum absolute atomic E-state index is 0.0662. The Bertz CT molecular complexity index is 432. The molecule has 0 atom stereocenters. The number of amides is 1. The predicted octanol–water partition coefficient (Wildman–Crippen LogP) is 3.03. The van der Waals surface area contributed by atoms with Crippen LogP contribution in [0.5, 0.6) is 0 Å². The smallest absolute Gasteiger partial charge is 0.229 e. The summed E-state index contributed by atoms with van der Waals surface area (Å²) in [4.78, 5) is 12.0. The van der Waals surface area contributed by atoms with Gasteiger partial charge in [-0.3, -0.25) is 4.79 Å². The fourth-order valence-electron chi connectivity index (χ4n) is 1.94. The first-order valence-corrected chi connectivity index (χ1v) is 6.16. The largest absolute Gasteiger partial charge is 0.385 e. The number of hydrogen-bond acceptors (Lipinski definition) is 2. The Morgan fingerprint density at radius 3 is 2.82 bits per heavy atom. The Labute approximate surface area is 103 Å². The average Bonchev–Trinajstić information content (AvgIpc) is 2.28. The van der Waals surface area contributed by atoms with Crippen molar-refractivity contribution in [1.29, 1.82) is 0 Å². The van der Waals surface area contributed by atoms with Gasteiger partial charge in [0.05, 0.1) is 0 Å². The Hall–Kier alpha value is -1.51. The van der Waals surface area contributed by atoms with E-state index in [4.69, 9.17) is 0 Å². The van der Waals surface area contributed by atoms with Crippen molar-refractivity contribution in [2.45, 2.75) is 33.6 Å². The van der Waals surface area contributed by atoms with Crippen molar-refractivity contribution in [1.82, 2.24) is 0 Å². The predicted molar refractivity (Wildman–Crippen MR) is 71.3 cm³/mol. The molecule has 3 nitrogen and oxygen atoms in total. The molecule has 0 bridgehead atoms. The molecular formula is C14H20N2O. The van der Waals surface area contributed by atoms with Gasteiger partial charge in [0.2, 0.25) is 5.91 Å². The highest BCUT2D eigenvalue weighted by atomic mass is 16.2. The minimum Gasteiger partial charge on any atom is -0.385 e. The maximum Gasteiger partial charge on any atom is 0.229 e. The molecule has 0 spiro atoms. The zero-order valence-corrected chi connectivity index (χ0v) is 10.8. The molecule has 0 fully saturated rings. The summed E-state index contributed by atoms with van der Waals surface area (Å²) in [6.45, 7) is 6.80. The Kier molecular flexibility index (Phi) is 3.09. The summed E-state index contributed by atoms with van der Waals surface area (Å²) < 4.78 is 0. The zero-order chi connectivity index (χ0) is 12.5. The van der Waals surface area contributed by atoms with E-state index in [1.165, 1.54) is 5.56 Å². The van der Waals surface area contributed by atoms with Crippen molar-refractivity contribution in [2.24, 2.45) is 5.41 Å². The first kappa shape index (κ1) is 12.0. The number of carbonyl (C=O) groups is 1. The van der Waals surface area contributed by atoms with E-state index < -0.39 is 0 Å². The summed E-state index contributed by atoms with van der Waals surface area (Å²) in [5.41, 5.74) is 2.99. The van der Waals surface area contributed by atoms with Crippen LogP contribution in [0, 0.1) is 5.41 Å². The molecule has 1 heterocycles. The van der Waals surface area contributed by atoms with Gasteiger partial charge in [-0.1, -0.05) is 26.8 Å². The molecule has 0 saturated carbocycles. The highest BCUT2D eigenvalue weighted by Gasteiger charge is 2.23. The topological polar surface area (TPSA) is 41.1 Å². The lowest BCUT2D eigenvalue weighted by Crippen LogP contribution is -2.28. The summed E-state index contributed by atoms with van der Waals surface area (Å²) in [6.07, 6.45) is 2.15. The van der Waals surface area contributed by atoms with E-state index in [1.807, 2.05) is 32.9 Å². The highest BCUT2D eigenvalue weighted by Crippen LogP contribution is 2.30. The maximum atomic E-state index is 12.0. The van der Waals surface area contributed by atoms with Crippen molar-refractivity contribution in [3.8, 4) is 0 Å². The van der Waals surface area contributed by atoms with Crippen molar-refractivity contribution in [3.05, 3.63) is 23.8 Å². The van der Waals surface area contributed by atoms with Crippen LogP contribution < -0.4 is 10.6 Å². The SMILES string of the molecule is CC(C)(C)C(=O)Nc1cccc2c1CCCN2. The quantitative estimate of drug-likeness (QED) is 0.781. The minimum atomic E-state index is -0.356. The highest BCUT2D eigenvalue weighted by molar-refractivity contribution is 5.96. The molecule has 3 heteroatoms. The van der Waals surface area contributed by atoms with Gasteiger partial charge in [0.1, 0.15) is 0 Å². The molecule has 2 rings (SSSR count). The van der Waals surface area contributed by atoms with Crippen LogP contribution in [0.2, 0.25) is 0 Å². The Morgan fingerprint density at radius 2 is 2.12 bits per heavy atom. The summed E-state index contributed by atoms with van der Waals surface area (Å²) >= 11 is 0. The summed E-state index contributed by atoms with van der Waals surface area (Å²) in [7, 11) is 0. The van der Waals surface area contributed by atoms with Crippen LogP contribution in [0.25, 0.3) is 0 Å². The first-order chi connectivity index (χ1) is 7.98. The lowest BCUT2D eigenvalue weighted by Gasteiger charge is -2.23. The van der Waals surface area contributed by atoms with Crippen LogP contribution in [0.15, 0.2) is 18.2 Å². The number of fused-ring (bicyclic) bond motifs is 1. The van der Waals surface area contributed by atoms with Crippen LogP contribution >= 0.6 is 0 Å². The van der Waals surface area contributed by atoms with Crippen molar-refractivity contribution >= 4 is 17.3 Å². The van der Waals surface area contributed by atoms with Gasteiger partial charge in [0.25, 0.3) is 0 Å². The van der Waals surface area contributed by atoms with Crippen molar-refractivity contribution < 1.29 is 4.79 Å². The van der Waals surface area contributed by atoms with Crippen LogP contribution in [-0.4, -0.2) is 12.5 Å². The molecule has 17 heavy (non-hydrogen) atoms. The third kappa shape index (κ3) is 2.60. The molecule has 0 aromatic heterocycles. The molecule has 1 amide bonds. The maximum absolute atomic E-state index is 12.0. The van der Waals surface area contributed by atoms with E-state index >= 15 is 0 Å². The van der Waals surface area contributed by atoms with Crippen molar-refractivity contribution in [3.63, 3.8) is 0 Å². The molecule has 0 aliphatic carbocycles. The van der Waals surface area contributed by atoms with Gasteiger partial charge >= 0.3 is 0 Å². The molecule has 0 unspecified atom stereocenters. The summed E-state index contributed by atoms with van der Waals surface area (Å²) in [6, 6.07) is 6.03. The molecule has 1 aliphatic rings. The second-order valence-corrected chi connectivity index (χ2v) is 5.57. The van der Waals surface area contributed by atoms with Crippen LogP contribution in [0.1, 0.15) is 32.8 Å². The van der Waals surface area contributed by atoms with E-state index in [-0.39, 0.29) is 11.3 Å². The van der Waals surface area contributed by atoms with Crippen LogP contribution in [0.3, 0.4) is 0 Å². The third-order valence-corrected chi connectivity index (χ3v) is 3.02. The molecule has 2 N–H and O–H groups in total.